The van der Waals surface area contributed by atoms with Gasteiger partial charge in [0.1, 0.15) is 23.0 Å². The second-order valence-electron chi connectivity index (χ2n) is 13.4. The number of ether oxygens (including phenoxy) is 3. The zero-order valence-electron chi connectivity index (χ0n) is 30.3. The van der Waals surface area contributed by atoms with Crippen LogP contribution in [0.5, 0.6) is 23.0 Å². The third-order valence-electron chi connectivity index (χ3n) is 9.26. The van der Waals surface area contributed by atoms with Crippen LogP contribution in [0.4, 0.5) is 0 Å². The van der Waals surface area contributed by atoms with Crippen LogP contribution in [0.3, 0.4) is 0 Å². The maximum absolute atomic E-state index is 6.36. The smallest absolute Gasteiger partial charge is 0.134 e. The average molecular weight is 637 g/mol. The maximum atomic E-state index is 6.36. The van der Waals surface area contributed by atoms with Gasteiger partial charge >= 0.3 is 0 Å². The number of rotatable bonds is 28. The summed E-state index contributed by atoms with van der Waals surface area (Å²) >= 11 is 0. The van der Waals surface area contributed by atoms with Gasteiger partial charge in [0.15, 0.2) is 0 Å². The van der Waals surface area contributed by atoms with Crippen molar-refractivity contribution < 1.29 is 14.2 Å². The van der Waals surface area contributed by atoms with Gasteiger partial charge in [-0.15, -0.1) is 0 Å². The van der Waals surface area contributed by atoms with Crippen molar-refractivity contribution in [1.82, 2.24) is 9.80 Å². The highest BCUT2D eigenvalue weighted by molar-refractivity contribution is 5.53. The largest absolute Gasteiger partial charge is 0.493 e. The van der Waals surface area contributed by atoms with E-state index < -0.39 is 0 Å². The van der Waals surface area contributed by atoms with E-state index in [-0.39, 0.29) is 0 Å². The predicted molar refractivity (Wildman–Crippen MR) is 196 cm³/mol. The molecule has 0 aliphatic carbocycles. The van der Waals surface area contributed by atoms with Gasteiger partial charge in [0.25, 0.3) is 0 Å². The molecule has 3 rings (SSSR count). The molecule has 0 atom stereocenters. The second-order valence-corrected chi connectivity index (χ2v) is 13.4. The highest BCUT2D eigenvalue weighted by atomic mass is 16.5. The highest BCUT2D eigenvalue weighted by Crippen LogP contribution is 2.40. The van der Waals surface area contributed by atoms with E-state index in [9.17, 15) is 0 Å². The van der Waals surface area contributed by atoms with E-state index >= 15 is 0 Å². The molecule has 0 unspecified atom stereocenters. The zero-order valence-corrected chi connectivity index (χ0v) is 30.3. The number of fused-ring (bicyclic) bond motifs is 2. The van der Waals surface area contributed by atoms with Gasteiger partial charge < -0.3 is 24.0 Å². The summed E-state index contributed by atoms with van der Waals surface area (Å²) < 4.78 is 18.6. The monoisotopic (exact) mass is 637 g/mol. The molecule has 0 bridgehead atoms. The number of benzene rings is 2. The van der Waals surface area contributed by atoms with Crippen LogP contribution in [0.1, 0.15) is 142 Å². The molecule has 46 heavy (non-hydrogen) atoms. The van der Waals surface area contributed by atoms with Crippen LogP contribution in [0.15, 0.2) is 36.4 Å². The van der Waals surface area contributed by atoms with Gasteiger partial charge in [-0.25, -0.2) is 0 Å². The Bertz CT molecular complexity index is 960. The standard InChI is InChI=1S/C41H68N2O3/c1-5-9-25-42(26-10-6-2)29-17-13-15-19-31-44-38-23-21-36-33-37-22-24-39(35-41(37)46-40(36)34-38)45-32-20-16-14-18-30-43(27-11-7-3)28-12-8-4/h21-24,34-35H,5-20,25-33H2,1-4H3. The number of hydrogen-bond acceptors (Lipinski definition) is 5. The van der Waals surface area contributed by atoms with Crippen LogP contribution < -0.4 is 14.2 Å². The molecule has 5 nitrogen and oxygen atoms in total. The van der Waals surface area contributed by atoms with Gasteiger partial charge in [0.05, 0.1) is 13.2 Å². The van der Waals surface area contributed by atoms with Crippen molar-refractivity contribution in [3.05, 3.63) is 47.5 Å². The van der Waals surface area contributed by atoms with Crippen LogP contribution in [0.25, 0.3) is 0 Å². The first-order chi connectivity index (χ1) is 22.7. The van der Waals surface area contributed by atoms with Crippen molar-refractivity contribution in [1.29, 1.82) is 0 Å². The molecule has 1 aliphatic heterocycles. The molecule has 0 N–H and O–H groups in total. The van der Waals surface area contributed by atoms with Crippen molar-refractivity contribution in [2.45, 2.75) is 137 Å². The lowest BCUT2D eigenvalue weighted by molar-refractivity contribution is 0.255. The van der Waals surface area contributed by atoms with Crippen molar-refractivity contribution in [3.63, 3.8) is 0 Å². The molecule has 0 fully saturated rings. The number of hydrogen-bond donors (Lipinski definition) is 0. The summed E-state index contributed by atoms with van der Waals surface area (Å²) in [6.45, 7) is 18.2. The Morgan fingerprint density at radius 3 is 1.24 bits per heavy atom. The van der Waals surface area contributed by atoms with Crippen molar-refractivity contribution >= 4 is 0 Å². The van der Waals surface area contributed by atoms with E-state index in [0.717, 1.165) is 55.5 Å². The van der Waals surface area contributed by atoms with Gasteiger partial charge in [-0.05, 0) is 114 Å². The van der Waals surface area contributed by atoms with E-state index in [0.29, 0.717) is 0 Å². The minimum Gasteiger partial charge on any atom is -0.493 e. The van der Waals surface area contributed by atoms with E-state index in [1.165, 1.54) is 140 Å². The zero-order chi connectivity index (χ0) is 32.7. The van der Waals surface area contributed by atoms with Gasteiger partial charge in [-0.2, -0.15) is 0 Å². The molecule has 0 radical (unpaired) electrons. The minimum atomic E-state index is 0.763. The van der Waals surface area contributed by atoms with E-state index in [4.69, 9.17) is 14.2 Å². The molecule has 260 valence electrons. The first-order valence-electron chi connectivity index (χ1n) is 19.3. The van der Waals surface area contributed by atoms with Gasteiger partial charge in [-0.3, -0.25) is 0 Å². The molecule has 2 aromatic rings. The fourth-order valence-electron chi connectivity index (χ4n) is 6.21. The van der Waals surface area contributed by atoms with Crippen LogP contribution in [0, 0.1) is 0 Å². The van der Waals surface area contributed by atoms with Crippen molar-refractivity contribution in [2.75, 3.05) is 52.5 Å². The van der Waals surface area contributed by atoms with E-state index in [2.05, 4.69) is 73.9 Å². The quantitative estimate of drug-likeness (QED) is 0.0741. The Balaban J connectivity index is 1.32. The molecular formula is C41H68N2O3. The molecule has 2 aromatic carbocycles. The molecule has 1 aliphatic rings. The Kier molecular flexibility index (Phi) is 19.9. The summed E-state index contributed by atoms with van der Waals surface area (Å²) in [4.78, 5) is 5.34. The molecule has 0 amide bonds. The molecule has 0 aromatic heterocycles. The minimum absolute atomic E-state index is 0.763. The summed E-state index contributed by atoms with van der Waals surface area (Å²) in [6, 6.07) is 12.6. The Hall–Kier alpha value is -2.24. The van der Waals surface area contributed by atoms with E-state index in [1.807, 2.05) is 0 Å². The van der Waals surface area contributed by atoms with Crippen LogP contribution in [-0.2, 0) is 6.42 Å². The lowest BCUT2D eigenvalue weighted by Crippen LogP contribution is -2.27. The Labute approximate surface area is 283 Å². The summed E-state index contributed by atoms with van der Waals surface area (Å²) in [7, 11) is 0. The molecule has 1 heterocycles. The number of unbranched alkanes of at least 4 members (excludes halogenated alkanes) is 10. The second kappa shape index (κ2) is 24.0. The Morgan fingerprint density at radius 1 is 0.478 bits per heavy atom. The third-order valence-corrected chi connectivity index (χ3v) is 9.26. The Morgan fingerprint density at radius 2 is 0.848 bits per heavy atom. The summed E-state index contributed by atoms with van der Waals surface area (Å²) in [5, 5.41) is 0. The SMILES string of the molecule is CCCCN(CCCC)CCCCCCOc1ccc2c(c1)Oc1cc(OCCCCCCN(CCCC)CCCC)ccc1C2. The van der Waals surface area contributed by atoms with Crippen molar-refractivity contribution in [3.8, 4) is 23.0 Å². The fraction of sp³-hybridized carbons (Fsp3) is 0.707. The first-order valence-corrected chi connectivity index (χ1v) is 19.3. The normalized spacial score (nSPS) is 12.3. The van der Waals surface area contributed by atoms with Gasteiger partial charge in [-0.1, -0.05) is 91.2 Å². The topological polar surface area (TPSA) is 34.2 Å². The molecule has 0 saturated carbocycles. The lowest BCUT2D eigenvalue weighted by atomic mass is 10.00. The molecule has 0 saturated heterocycles. The molecule has 5 heteroatoms. The maximum Gasteiger partial charge on any atom is 0.134 e. The molecular weight excluding hydrogens is 568 g/mol. The number of nitrogens with zero attached hydrogens (tertiary/aromatic N) is 2. The van der Waals surface area contributed by atoms with Gasteiger partial charge in [0.2, 0.25) is 0 Å². The van der Waals surface area contributed by atoms with Crippen LogP contribution in [0.2, 0.25) is 0 Å². The van der Waals surface area contributed by atoms with E-state index in [1.54, 1.807) is 0 Å². The summed E-state index contributed by atoms with van der Waals surface area (Å²) in [6.07, 6.45) is 21.1. The predicted octanol–water partition coefficient (Wildman–Crippen LogP) is 11.1. The first kappa shape index (κ1) is 38.2. The average Bonchev–Trinajstić information content (AvgIpc) is 3.07. The summed E-state index contributed by atoms with van der Waals surface area (Å²) in [5.74, 6) is 3.62. The molecule has 0 spiro atoms. The lowest BCUT2D eigenvalue weighted by Gasteiger charge is -2.22. The fourth-order valence-corrected chi connectivity index (χ4v) is 6.21. The van der Waals surface area contributed by atoms with Gasteiger partial charge in [0, 0.05) is 18.6 Å². The van der Waals surface area contributed by atoms with Crippen LogP contribution in [-0.4, -0.2) is 62.3 Å². The van der Waals surface area contributed by atoms with Crippen molar-refractivity contribution in [2.24, 2.45) is 0 Å². The highest BCUT2D eigenvalue weighted by Gasteiger charge is 2.18. The third kappa shape index (κ3) is 15.1. The van der Waals surface area contributed by atoms with Crippen LogP contribution >= 0.6 is 0 Å². The summed E-state index contributed by atoms with van der Waals surface area (Å²) in [5.41, 5.74) is 2.43.